The van der Waals surface area contributed by atoms with Crippen LogP contribution < -0.4 is 0 Å². The molecule has 0 aliphatic carbocycles. The van der Waals surface area contributed by atoms with Gasteiger partial charge in [-0.1, -0.05) is 12.2 Å². The first kappa shape index (κ1) is 9.46. The molecule has 2 rings (SSSR count). The van der Waals surface area contributed by atoms with E-state index in [4.69, 9.17) is 4.42 Å². The third kappa shape index (κ3) is 2.04. The summed E-state index contributed by atoms with van der Waals surface area (Å²) in [5, 5.41) is 0. The van der Waals surface area contributed by atoms with Crippen molar-refractivity contribution in [3.63, 3.8) is 0 Å². The lowest BCUT2D eigenvalue weighted by Crippen LogP contribution is -2.30. The van der Waals surface area contributed by atoms with Crippen LogP contribution in [0.5, 0.6) is 0 Å². The standard InChI is InChI=1S/C11H16N2O/c1-9-3-5-13(6-4-9)7-11-10(2)14-8-12-11/h8H,1,3-7H2,2H3. The van der Waals surface area contributed by atoms with Crippen LogP contribution in [0.15, 0.2) is 23.0 Å². The first-order valence-corrected chi connectivity index (χ1v) is 5.03. The molecule has 0 N–H and O–H groups in total. The Morgan fingerprint density at radius 3 is 2.79 bits per heavy atom. The van der Waals surface area contributed by atoms with E-state index in [1.54, 1.807) is 0 Å². The molecule has 14 heavy (non-hydrogen) atoms. The van der Waals surface area contributed by atoms with Crippen molar-refractivity contribution >= 4 is 0 Å². The zero-order valence-corrected chi connectivity index (χ0v) is 8.62. The molecule has 0 aromatic carbocycles. The second-order valence-electron chi connectivity index (χ2n) is 3.88. The van der Waals surface area contributed by atoms with Gasteiger partial charge in [-0.05, 0) is 19.8 Å². The second kappa shape index (κ2) is 3.96. The van der Waals surface area contributed by atoms with E-state index in [-0.39, 0.29) is 0 Å². The van der Waals surface area contributed by atoms with Gasteiger partial charge >= 0.3 is 0 Å². The molecule has 2 heterocycles. The van der Waals surface area contributed by atoms with Gasteiger partial charge in [0.1, 0.15) is 5.76 Å². The fourth-order valence-corrected chi connectivity index (χ4v) is 1.72. The molecule has 0 amide bonds. The minimum absolute atomic E-state index is 0.912. The molecular weight excluding hydrogens is 176 g/mol. The van der Waals surface area contributed by atoms with Gasteiger partial charge in [-0.2, -0.15) is 0 Å². The molecule has 0 radical (unpaired) electrons. The summed E-state index contributed by atoms with van der Waals surface area (Å²) in [4.78, 5) is 6.60. The number of likely N-dealkylation sites (tertiary alicyclic amines) is 1. The molecule has 1 aromatic heterocycles. The normalized spacial score (nSPS) is 18.8. The number of piperidine rings is 1. The van der Waals surface area contributed by atoms with Gasteiger partial charge in [-0.3, -0.25) is 4.90 Å². The van der Waals surface area contributed by atoms with Gasteiger partial charge in [0, 0.05) is 19.6 Å². The molecule has 0 saturated carbocycles. The highest BCUT2D eigenvalue weighted by molar-refractivity contribution is 5.06. The van der Waals surface area contributed by atoms with Crippen molar-refractivity contribution in [1.29, 1.82) is 0 Å². The minimum atomic E-state index is 0.912. The molecule has 3 nitrogen and oxygen atoms in total. The van der Waals surface area contributed by atoms with Crippen LogP contribution in [0, 0.1) is 6.92 Å². The van der Waals surface area contributed by atoms with E-state index < -0.39 is 0 Å². The maximum Gasteiger partial charge on any atom is 0.181 e. The van der Waals surface area contributed by atoms with Gasteiger partial charge in [0.25, 0.3) is 0 Å². The molecule has 0 atom stereocenters. The van der Waals surface area contributed by atoms with Gasteiger partial charge < -0.3 is 4.42 Å². The number of oxazole rings is 1. The van der Waals surface area contributed by atoms with Crippen LogP contribution in [0.4, 0.5) is 0 Å². The maximum absolute atomic E-state index is 5.17. The fraction of sp³-hybridized carbons (Fsp3) is 0.545. The summed E-state index contributed by atoms with van der Waals surface area (Å²) in [6.45, 7) is 9.08. The average Bonchev–Trinajstić information content (AvgIpc) is 2.56. The summed E-state index contributed by atoms with van der Waals surface area (Å²) in [6, 6.07) is 0. The van der Waals surface area contributed by atoms with Gasteiger partial charge in [0.05, 0.1) is 5.69 Å². The number of hydrogen-bond acceptors (Lipinski definition) is 3. The van der Waals surface area contributed by atoms with Crippen LogP contribution in [-0.2, 0) is 6.54 Å². The van der Waals surface area contributed by atoms with Crippen LogP contribution in [0.3, 0.4) is 0 Å². The molecular formula is C11H16N2O. The van der Waals surface area contributed by atoms with Gasteiger partial charge in [-0.25, -0.2) is 4.98 Å². The Labute approximate surface area is 84.4 Å². The Morgan fingerprint density at radius 1 is 1.50 bits per heavy atom. The number of aromatic nitrogens is 1. The van der Waals surface area contributed by atoms with E-state index in [9.17, 15) is 0 Å². The van der Waals surface area contributed by atoms with Crippen molar-refractivity contribution in [2.75, 3.05) is 13.1 Å². The Balaban J connectivity index is 1.92. The third-order valence-corrected chi connectivity index (χ3v) is 2.78. The Morgan fingerprint density at radius 2 is 2.21 bits per heavy atom. The lowest BCUT2D eigenvalue weighted by atomic mass is 10.1. The highest BCUT2D eigenvalue weighted by Crippen LogP contribution is 2.16. The summed E-state index contributed by atoms with van der Waals surface area (Å²) >= 11 is 0. The van der Waals surface area contributed by atoms with E-state index in [2.05, 4.69) is 16.5 Å². The Kier molecular flexibility index (Phi) is 2.68. The maximum atomic E-state index is 5.17. The quantitative estimate of drug-likeness (QED) is 0.672. The molecule has 0 unspecified atom stereocenters. The van der Waals surface area contributed by atoms with Gasteiger partial charge in [-0.15, -0.1) is 0 Å². The Bertz CT molecular complexity index is 320. The van der Waals surface area contributed by atoms with Crippen LogP contribution >= 0.6 is 0 Å². The molecule has 1 fully saturated rings. The average molecular weight is 192 g/mol. The van der Waals surface area contributed by atoms with Gasteiger partial charge in [0.2, 0.25) is 0 Å². The number of hydrogen-bond donors (Lipinski definition) is 0. The van der Waals surface area contributed by atoms with Crippen molar-refractivity contribution in [3.05, 3.63) is 30.0 Å². The van der Waals surface area contributed by atoms with Crippen LogP contribution in [0.1, 0.15) is 24.3 Å². The molecule has 0 bridgehead atoms. The Hall–Kier alpha value is -1.09. The van der Waals surface area contributed by atoms with E-state index in [0.29, 0.717) is 0 Å². The van der Waals surface area contributed by atoms with Crippen molar-refractivity contribution in [1.82, 2.24) is 9.88 Å². The number of aryl methyl sites for hydroxylation is 1. The van der Waals surface area contributed by atoms with Crippen molar-refractivity contribution in [3.8, 4) is 0 Å². The molecule has 1 aromatic rings. The van der Waals surface area contributed by atoms with Crippen LogP contribution in [-0.4, -0.2) is 23.0 Å². The van der Waals surface area contributed by atoms with Gasteiger partial charge in [0.15, 0.2) is 6.39 Å². The summed E-state index contributed by atoms with van der Waals surface area (Å²) in [7, 11) is 0. The summed E-state index contributed by atoms with van der Waals surface area (Å²) in [5.41, 5.74) is 2.44. The predicted molar refractivity (Wildman–Crippen MR) is 54.9 cm³/mol. The monoisotopic (exact) mass is 192 g/mol. The zero-order chi connectivity index (χ0) is 9.97. The van der Waals surface area contributed by atoms with E-state index in [1.165, 1.54) is 12.0 Å². The molecule has 76 valence electrons. The van der Waals surface area contributed by atoms with Crippen molar-refractivity contribution < 1.29 is 4.42 Å². The summed E-state index contributed by atoms with van der Waals surface area (Å²) < 4.78 is 5.17. The summed E-state index contributed by atoms with van der Waals surface area (Å²) in [5.74, 6) is 0.939. The first-order chi connectivity index (χ1) is 6.75. The topological polar surface area (TPSA) is 29.3 Å². The molecule has 0 spiro atoms. The van der Waals surface area contributed by atoms with E-state index in [1.807, 2.05) is 6.92 Å². The number of nitrogens with zero attached hydrogens (tertiary/aromatic N) is 2. The first-order valence-electron chi connectivity index (χ1n) is 5.03. The highest BCUT2D eigenvalue weighted by Gasteiger charge is 2.14. The largest absolute Gasteiger partial charge is 0.448 e. The summed E-state index contributed by atoms with van der Waals surface area (Å²) in [6.07, 6.45) is 3.77. The van der Waals surface area contributed by atoms with Crippen LogP contribution in [0.25, 0.3) is 0 Å². The molecule has 1 aliphatic rings. The lowest BCUT2D eigenvalue weighted by Gasteiger charge is -2.26. The third-order valence-electron chi connectivity index (χ3n) is 2.78. The van der Waals surface area contributed by atoms with Crippen LogP contribution in [0.2, 0.25) is 0 Å². The van der Waals surface area contributed by atoms with E-state index in [0.717, 1.165) is 43.9 Å². The molecule has 3 heteroatoms. The molecule has 1 saturated heterocycles. The SMILES string of the molecule is C=C1CCN(Cc2ncoc2C)CC1. The fourth-order valence-electron chi connectivity index (χ4n) is 1.72. The smallest absolute Gasteiger partial charge is 0.181 e. The zero-order valence-electron chi connectivity index (χ0n) is 8.62. The molecule has 1 aliphatic heterocycles. The minimum Gasteiger partial charge on any atom is -0.448 e. The number of rotatable bonds is 2. The lowest BCUT2D eigenvalue weighted by molar-refractivity contribution is 0.245. The second-order valence-corrected chi connectivity index (χ2v) is 3.88. The highest BCUT2D eigenvalue weighted by atomic mass is 16.3. The van der Waals surface area contributed by atoms with Crippen molar-refractivity contribution in [2.45, 2.75) is 26.3 Å². The van der Waals surface area contributed by atoms with Crippen molar-refractivity contribution in [2.24, 2.45) is 0 Å². The van der Waals surface area contributed by atoms with E-state index >= 15 is 0 Å². The predicted octanol–water partition coefficient (Wildman–Crippen LogP) is 2.14.